The number of aryl methyl sites for hydroxylation is 2. The van der Waals surface area contributed by atoms with E-state index in [2.05, 4.69) is 5.32 Å². The molecule has 26 heavy (non-hydrogen) atoms. The minimum absolute atomic E-state index is 0.0827. The van der Waals surface area contributed by atoms with Crippen LogP contribution in [0.3, 0.4) is 0 Å². The number of anilines is 2. The third-order valence-electron chi connectivity index (χ3n) is 4.50. The molecule has 1 saturated heterocycles. The molecule has 1 aliphatic heterocycles. The van der Waals surface area contributed by atoms with E-state index in [1.165, 1.54) is 23.1 Å². The van der Waals surface area contributed by atoms with Crippen LogP contribution >= 0.6 is 0 Å². The number of nitro benzene ring substituents is 1. The number of nitro groups is 1. The highest BCUT2D eigenvalue weighted by molar-refractivity contribution is 6.03. The zero-order chi connectivity index (χ0) is 18.8. The largest absolute Gasteiger partial charge is 0.326 e. The average Bonchev–Trinajstić information content (AvgIpc) is 3.00. The standard InChI is InChI=1S/C19H19N3O4/c1-12-6-7-13(2)17(8-12)20-19(24)14-9-18(23)21(11-14)15-4-3-5-16(10-15)22(25)26/h3-8,10,14H,9,11H2,1-2H3,(H,20,24)/t14-/m0/s1. The van der Waals surface area contributed by atoms with Crippen molar-refractivity contribution in [2.75, 3.05) is 16.8 Å². The highest BCUT2D eigenvalue weighted by atomic mass is 16.6. The van der Waals surface area contributed by atoms with Gasteiger partial charge in [-0.1, -0.05) is 18.2 Å². The normalized spacial score (nSPS) is 16.6. The zero-order valence-electron chi connectivity index (χ0n) is 14.6. The van der Waals surface area contributed by atoms with E-state index in [9.17, 15) is 19.7 Å². The molecular formula is C19H19N3O4. The van der Waals surface area contributed by atoms with Gasteiger partial charge in [0.15, 0.2) is 0 Å². The van der Waals surface area contributed by atoms with Crippen LogP contribution in [0.25, 0.3) is 0 Å². The third-order valence-corrected chi connectivity index (χ3v) is 4.50. The first kappa shape index (κ1) is 17.6. The summed E-state index contributed by atoms with van der Waals surface area (Å²) in [6.45, 7) is 4.05. The average molecular weight is 353 g/mol. The van der Waals surface area contributed by atoms with Crippen LogP contribution in [0.15, 0.2) is 42.5 Å². The van der Waals surface area contributed by atoms with Gasteiger partial charge < -0.3 is 10.2 Å². The van der Waals surface area contributed by atoms with Crippen molar-refractivity contribution in [3.8, 4) is 0 Å². The Balaban J connectivity index is 1.75. The molecule has 0 unspecified atom stereocenters. The summed E-state index contributed by atoms with van der Waals surface area (Å²) in [5, 5.41) is 13.8. The number of amides is 2. The highest BCUT2D eigenvalue weighted by Gasteiger charge is 2.35. The van der Waals surface area contributed by atoms with Crippen molar-refractivity contribution in [3.05, 3.63) is 63.7 Å². The predicted molar refractivity (Wildman–Crippen MR) is 98.1 cm³/mol. The molecule has 1 aliphatic rings. The van der Waals surface area contributed by atoms with E-state index in [0.29, 0.717) is 5.69 Å². The summed E-state index contributed by atoms with van der Waals surface area (Å²) in [5.74, 6) is -0.937. The van der Waals surface area contributed by atoms with E-state index in [-0.39, 0.29) is 30.5 Å². The predicted octanol–water partition coefficient (Wildman–Crippen LogP) is 3.20. The Kier molecular flexibility index (Phi) is 4.71. The molecule has 0 bridgehead atoms. The number of nitrogens with one attached hydrogen (secondary N) is 1. The lowest BCUT2D eigenvalue weighted by atomic mass is 10.1. The molecule has 1 atom stereocenters. The van der Waals surface area contributed by atoms with Crippen LogP contribution in [0, 0.1) is 29.9 Å². The van der Waals surface area contributed by atoms with Gasteiger partial charge in [-0.25, -0.2) is 0 Å². The maximum atomic E-state index is 12.6. The molecule has 2 aromatic rings. The summed E-state index contributed by atoms with van der Waals surface area (Å²) in [5.41, 5.74) is 3.07. The van der Waals surface area contributed by atoms with Crippen molar-refractivity contribution < 1.29 is 14.5 Å². The zero-order valence-corrected chi connectivity index (χ0v) is 14.6. The maximum Gasteiger partial charge on any atom is 0.271 e. The second-order valence-corrected chi connectivity index (χ2v) is 6.49. The minimum atomic E-state index is -0.505. The van der Waals surface area contributed by atoms with Gasteiger partial charge in [-0.2, -0.15) is 0 Å². The number of nitrogens with zero attached hydrogens (tertiary/aromatic N) is 2. The van der Waals surface area contributed by atoms with Gasteiger partial charge in [-0.3, -0.25) is 19.7 Å². The summed E-state index contributed by atoms with van der Waals surface area (Å²) in [6, 6.07) is 11.7. The fourth-order valence-corrected chi connectivity index (χ4v) is 3.01. The first-order chi connectivity index (χ1) is 12.3. The van der Waals surface area contributed by atoms with E-state index in [0.717, 1.165) is 16.8 Å². The Morgan fingerprint density at radius 1 is 1.23 bits per heavy atom. The smallest absolute Gasteiger partial charge is 0.271 e. The molecule has 1 fully saturated rings. The van der Waals surface area contributed by atoms with Crippen LogP contribution in [0.1, 0.15) is 17.5 Å². The molecule has 1 heterocycles. The van der Waals surface area contributed by atoms with Crippen molar-refractivity contribution in [3.63, 3.8) is 0 Å². The number of non-ortho nitro benzene ring substituents is 1. The van der Waals surface area contributed by atoms with E-state index >= 15 is 0 Å². The molecule has 0 radical (unpaired) electrons. The van der Waals surface area contributed by atoms with E-state index in [4.69, 9.17) is 0 Å². The molecule has 0 aliphatic carbocycles. The van der Waals surface area contributed by atoms with Gasteiger partial charge in [0.1, 0.15) is 0 Å². The fraction of sp³-hybridized carbons (Fsp3) is 0.263. The van der Waals surface area contributed by atoms with Crippen LogP contribution < -0.4 is 10.2 Å². The third kappa shape index (κ3) is 3.56. The van der Waals surface area contributed by atoms with Gasteiger partial charge in [0, 0.05) is 30.8 Å². The van der Waals surface area contributed by atoms with Crippen molar-refractivity contribution in [2.24, 2.45) is 5.92 Å². The molecular weight excluding hydrogens is 334 g/mol. The summed E-state index contributed by atoms with van der Waals surface area (Å²) in [7, 11) is 0. The van der Waals surface area contributed by atoms with Gasteiger partial charge >= 0.3 is 0 Å². The van der Waals surface area contributed by atoms with Crippen LogP contribution in [0.2, 0.25) is 0 Å². The van der Waals surface area contributed by atoms with Crippen molar-refractivity contribution in [1.29, 1.82) is 0 Å². The lowest BCUT2D eigenvalue weighted by Crippen LogP contribution is -2.28. The Labute approximate surface area is 150 Å². The van der Waals surface area contributed by atoms with E-state index in [1.54, 1.807) is 6.07 Å². The molecule has 1 N–H and O–H groups in total. The van der Waals surface area contributed by atoms with Crippen LogP contribution in [0.5, 0.6) is 0 Å². The van der Waals surface area contributed by atoms with Gasteiger partial charge in [0.05, 0.1) is 16.5 Å². The molecule has 7 nitrogen and oxygen atoms in total. The quantitative estimate of drug-likeness (QED) is 0.675. The molecule has 2 amide bonds. The molecule has 134 valence electrons. The lowest BCUT2D eigenvalue weighted by molar-refractivity contribution is -0.384. The minimum Gasteiger partial charge on any atom is -0.326 e. The Hall–Kier alpha value is -3.22. The first-order valence-electron chi connectivity index (χ1n) is 8.28. The molecule has 0 saturated carbocycles. The number of hydrogen-bond donors (Lipinski definition) is 1. The van der Waals surface area contributed by atoms with Crippen LogP contribution in [-0.2, 0) is 9.59 Å². The molecule has 0 aromatic heterocycles. The first-order valence-corrected chi connectivity index (χ1v) is 8.28. The molecule has 7 heteroatoms. The maximum absolute atomic E-state index is 12.6. The SMILES string of the molecule is Cc1ccc(C)c(NC(=O)[C@H]2CC(=O)N(c3cccc([N+](=O)[O-])c3)C2)c1. The lowest BCUT2D eigenvalue weighted by Gasteiger charge is -2.17. The number of rotatable bonds is 4. The van der Waals surface area contributed by atoms with Gasteiger partial charge in [-0.05, 0) is 37.1 Å². The summed E-state index contributed by atoms with van der Waals surface area (Å²) in [4.78, 5) is 36.7. The Morgan fingerprint density at radius 2 is 2.00 bits per heavy atom. The molecule has 2 aromatic carbocycles. The number of carbonyl (C=O) groups excluding carboxylic acids is 2. The summed E-state index contributed by atoms with van der Waals surface area (Å²) < 4.78 is 0. The highest BCUT2D eigenvalue weighted by Crippen LogP contribution is 2.29. The second-order valence-electron chi connectivity index (χ2n) is 6.49. The monoisotopic (exact) mass is 353 g/mol. The summed E-state index contributed by atoms with van der Waals surface area (Å²) >= 11 is 0. The summed E-state index contributed by atoms with van der Waals surface area (Å²) in [6.07, 6.45) is 0.0827. The van der Waals surface area contributed by atoms with Gasteiger partial charge in [-0.15, -0.1) is 0 Å². The fourth-order valence-electron chi connectivity index (χ4n) is 3.01. The Morgan fingerprint density at radius 3 is 2.73 bits per heavy atom. The Bertz CT molecular complexity index is 894. The second kappa shape index (κ2) is 6.95. The molecule has 0 spiro atoms. The van der Waals surface area contributed by atoms with Crippen LogP contribution in [0.4, 0.5) is 17.1 Å². The number of hydrogen-bond acceptors (Lipinski definition) is 4. The van der Waals surface area contributed by atoms with E-state index < -0.39 is 10.8 Å². The molecule has 3 rings (SSSR count). The topological polar surface area (TPSA) is 92.6 Å². The van der Waals surface area contributed by atoms with Crippen molar-refractivity contribution in [1.82, 2.24) is 0 Å². The van der Waals surface area contributed by atoms with Crippen molar-refractivity contribution in [2.45, 2.75) is 20.3 Å². The van der Waals surface area contributed by atoms with E-state index in [1.807, 2.05) is 32.0 Å². The van der Waals surface area contributed by atoms with Gasteiger partial charge in [0.25, 0.3) is 5.69 Å². The van der Waals surface area contributed by atoms with Gasteiger partial charge in [0.2, 0.25) is 11.8 Å². The van der Waals surface area contributed by atoms with Crippen molar-refractivity contribution >= 4 is 28.9 Å². The number of benzene rings is 2. The van der Waals surface area contributed by atoms with Crippen LogP contribution in [-0.4, -0.2) is 23.3 Å². The number of carbonyl (C=O) groups is 2.